The minimum absolute atomic E-state index is 0. The standard InChI is InChI=1S/2C10H24P2.C4H8O.2BF4.H4N2.Ru/c2*1-5-11(6-2)9-10-12(7-3)8-4;1-2-4-5-3-1;2*2-1(3,4)5;1-2;/h2*5-10H2,1-4H3;1-4H2;;;1-2H2;/q;;;2*-1;;+4/p+4. The van der Waals surface area contributed by atoms with Crippen molar-refractivity contribution in [1.29, 1.82) is 0 Å². The maximum atomic E-state index is 9.75. The quantitative estimate of drug-likeness (QED) is 0.0607. The molecule has 3 nitrogen and oxygen atoms in total. The Morgan fingerprint density at radius 3 is 0.667 bits per heavy atom. The van der Waals surface area contributed by atoms with Gasteiger partial charge in [-0.1, -0.05) is 0 Å². The van der Waals surface area contributed by atoms with Crippen molar-refractivity contribution in [2.24, 2.45) is 11.7 Å². The van der Waals surface area contributed by atoms with Crippen LogP contribution in [-0.4, -0.2) is 102 Å². The summed E-state index contributed by atoms with van der Waals surface area (Å²) in [5.41, 5.74) is 0. The predicted molar refractivity (Wildman–Crippen MR) is 186 cm³/mol. The summed E-state index contributed by atoms with van der Waals surface area (Å²) in [5.74, 6) is 8.00. The average Bonchev–Trinajstić information content (AvgIpc) is 3.50. The van der Waals surface area contributed by atoms with E-state index in [2.05, 4.69) is 67.1 Å². The van der Waals surface area contributed by atoms with Crippen LogP contribution < -0.4 is 11.7 Å². The van der Waals surface area contributed by atoms with Crippen LogP contribution in [0.2, 0.25) is 0 Å². The van der Waals surface area contributed by atoms with E-state index in [-0.39, 0.29) is 51.2 Å². The van der Waals surface area contributed by atoms with Gasteiger partial charge in [0, 0.05) is 44.9 Å². The summed E-state index contributed by atoms with van der Waals surface area (Å²) < 4.78 is 82.9. The van der Waals surface area contributed by atoms with Gasteiger partial charge in [-0.15, -0.1) is 0 Å². The number of hydrogen-bond acceptors (Lipinski definition) is 3. The first-order valence-electron chi connectivity index (χ1n) is 15.1. The van der Waals surface area contributed by atoms with Gasteiger partial charge in [0.05, 0.1) is 73.9 Å². The zero-order valence-electron chi connectivity index (χ0n) is 27.4. The van der Waals surface area contributed by atoms with Gasteiger partial charge in [-0.2, -0.15) is 0 Å². The maximum Gasteiger partial charge on any atom is 4.00 e. The topological polar surface area (TPSA) is 61.3 Å². The first-order valence-corrected chi connectivity index (χ1v) is 23.5. The molecule has 1 rings (SSSR count). The van der Waals surface area contributed by atoms with Gasteiger partial charge in [0.15, 0.2) is 0 Å². The minimum atomic E-state index is -6.00. The molecule has 0 amide bonds. The van der Waals surface area contributed by atoms with Gasteiger partial charge < -0.3 is 39.3 Å². The Morgan fingerprint density at radius 2 is 0.595 bits per heavy atom. The second-order valence-electron chi connectivity index (χ2n) is 9.14. The van der Waals surface area contributed by atoms with Crippen LogP contribution in [0.15, 0.2) is 0 Å². The summed E-state index contributed by atoms with van der Waals surface area (Å²) in [6, 6.07) is 0. The van der Waals surface area contributed by atoms with E-state index in [1.807, 2.05) is 0 Å². The fourth-order valence-corrected chi connectivity index (χ4v) is 14.1. The monoisotopic (exact) mass is 796 g/mol. The van der Waals surface area contributed by atoms with Gasteiger partial charge in [-0.3, -0.25) is 11.7 Å². The molecular formula is C24H64B2F8N2OP4Ru+6. The molecule has 18 heteroatoms. The van der Waals surface area contributed by atoms with E-state index < -0.39 is 14.5 Å². The molecule has 0 bridgehead atoms. The van der Waals surface area contributed by atoms with Gasteiger partial charge >= 0.3 is 34.0 Å². The summed E-state index contributed by atoms with van der Waals surface area (Å²) in [5, 5.41) is 0. The molecule has 0 aromatic carbocycles. The smallest absolute Gasteiger partial charge is 0.418 e. The number of rotatable bonds is 14. The SMILES string of the molecule is C1CCOC1.CC[PH+](CC)CC[PH+](CC)CC.CC[PH+](CC)CC[PH+](CC)CC.F[B-](F)(F)F.F[B-](F)(F)F.NN.[Ru+4]. The van der Waals surface area contributed by atoms with Crippen molar-refractivity contribution >= 4 is 46.2 Å². The maximum absolute atomic E-state index is 9.75. The van der Waals surface area contributed by atoms with E-state index in [1.165, 1.54) is 62.1 Å². The molecule has 0 aromatic rings. The molecule has 1 heterocycles. The third kappa shape index (κ3) is 64.7. The van der Waals surface area contributed by atoms with Crippen molar-refractivity contribution in [3.8, 4) is 0 Å². The molecule has 0 unspecified atom stereocenters. The van der Waals surface area contributed by atoms with E-state index in [9.17, 15) is 34.5 Å². The molecule has 1 aliphatic heterocycles. The summed E-state index contributed by atoms with van der Waals surface area (Å²) in [7, 11) is -11.7. The number of hydrazine groups is 1. The molecule has 1 fully saturated rings. The Kier molecular flexibility index (Phi) is 54.6. The van der Waals surface area contributed by atoms with E-state index in [4.69, 9.17) is 4.74 Å². The first-order chi connectivity index (χ1) is 19.1. The molecule has 4 N–H and O–H groups in total. The molecule has 1 saturated heterocycles. The fraction of sp³-hybridized carbons (Fsp3) is 1.00. The van der Waals surface area contributed by atoms with Gasteiger partial charge in [-0.05, 0) is 68.2 Å². The first kappa shape index (κ1) is 56.1. The number of halogens is 8. The van der Waals surface area contributed by atoms with Crippen LogP contribution in [0.4, 0.5) is 34.5 Å². The van der Waals surface area contributed by atoms with Crippen molar-refractivity contribution < 1.29 is 58.7 Å². The predicted octanol–water partition coefficient (Wildman–Crippen LogP) is 9.20. The van der Waals surface area contributed by atoms with Crippen LogP contribution in [-0.2, 0) is 24.2 Å². The fourth-order valence-electron chi connectivity index (χ4n) is 3.63. The zero-order valence-corrected chi connectivity index (χ0v) is 33.1. The van der Waals surface area contributed by atoms with E-state index in [1.54, 1.807) is 24.6 Å². The van der Waals surface area contributed by atoms with Crippen molar-refractivity contribution in [1.82, 2.24) is 0 Å². The molecule has 1 aliphatic rings. The minimum Gasteiger partial charge on any atom is -0.418 e. The molecule has 0 atom stereocenters. The van der Waals surface area contributed by atoms with E-state index in [0.717, 1.165) is 13.2 Å². The molecule has 42 heavy (non-hydrogen) atoms. The number of ether oxygens (including phenoxy) is 1. The van der Waals surface area contributed by atoms with Gasteiger partial charge in [-0.25, -0.2) is 0 Å². The summed E-state index contributed by atoms with van der Waals surface area (Å²) in [6.45, 7) is 21.0. The van der Waals surface area contributed by atoms with Gasteiger partial charge in [0.2, 0.25) is 0 Å². The molecule has 0 spiro atoms. The Balaban J connectivity index is -0.0000000999. The van der Waals surface area contributed by atoms with Crippen molar-refractivity contribution in [2.75, 3.05) is 87.2 Å². The van der Waals surface area contributed by atoms with Crippen LogP contribution in [0, 0.1) is 0 Å². The van der Waals surface area contributed by atoms with Crippen LogP contribution in [0.3, 0.4) is 0 Å². The zero-order chi connectivity index (χ0) is 33.3. The van der Waals surface area contributed by atoms with E-state index >= 15 is 0 Å². The third-order valence-corrected chi connectivity index (χ3v) is 19.3. The summed E-state index contributed by atoms with van der Waals surface area (Å²) in [6.07, 6.45) is 20.9. The van der Waals surface area contributed by atoms with Crippen molar-refractivity contribution in [2.45, 2.75) is 68.2 Å². The Hall–Kier alpha value is 1.79. The Bertz CT molecular complexity index is 401. The molecular weight excluding hydrogens is 731 g/mol. The van der Waals surface area contributed by atoms with Crippen molar-refractivity contribution in [3.63, 3.8) is 0 Å². The Morgan fingerprint density at radius 1 is 0.452 bits per heavy atom. The normalized spacial score (nSPS) is 12.4. The molecule has 0 radical (unpaired) electrons. The van der Waals surface area contributed by atoms with Crippen LogP contribution in [0.5, 0.6) is 0 Å². The van der Waals surface area contributed by atoms with E-state index in [0.29, 0.717) is 0 Å². The second-order valence-corrected chi connectivity index (χ2v) is 22.8. The second kappa shape index (κ2) is 40.8. The van der Waals surface area contributed by atoms with Gasteiger partial charge in [0.1, 0.15) is 0 Å². The molecule has 0 saturated carbocycles. The summed E-state index contributed by atoms with van der Waals surface area (Å²) >= 11 is 0. The average molecular weight is 795 g/mol. The summed E-state index contributed by atoms with van der Waals surface area (Å²) in [4.78, 5) is 0. The molecule has 0 aliphatic carbocycles. The largest absolute Gasteiger partial charge is 4.00 e. The number of hydrogen-bond donors (Lipinski definition) is 2. The molecule has 260 valence electrons. The van der Waals surface area contributed by atoms with Gasteiger partial charge in [0.25, 0.3) is 0 Å². The molecule has 0 aromatic heterocycles. The van der Waals surface area contributed by atoms with Crippen LogP contribution in [0.25, 0.3) is 0 Å². The number of nitrogens with two attached hydrogens (primary N) is 2. The Labute approximate surface area is 271 Å². The van der Waals surface area contributed by atoms with Crippen LogP contribution in [0.1, 0.15) is 68.2 Å². The third-order valence-electron chi connectivity index (χ3n) is 6.49. The van der Waals surface area contributed by atoms with Crippen molar-refractivity contribution in [3.05, 3.63) is 0 Å². The van der Waals surface area contributed by atoms with Crippen LogP contribution >= 0.6 is 31.7 Å².